The van der Waals surface area contributed by atoms with E-state index in [2.05, 4.69) is 12.2 Å². The Bertz CT molecular complexity index is 252. The van der Waals surface area contributed by atoms with Crippen molar-refractivity contribution < 1.29 is 8.78 Å². The van der Waals surface area contributed by atoms with Gasteiger partial charge in [0.2, 0.25) is 5.92 Å². The summed E-state index contributed by atoms with van der Waals surface area (Å²) in [6.07, 6.45) is 4.38. The molecule has 1 nitrogen and oxygen atoms in total. The van der Waals surface area contributed by atoms with Gasteiger partial charge in [0.1, 0.15) is 0 Å². The lowest BCUT2D eigenvalue weighted by atomic mass is 9.86. The van der Waals surface area contributed by atoms with Crippen LogP contribution in [-0.2, 0) is 0 Å². The van der Waals surface area contributed by atoms with Gasteiger partial charge >= 0.3 is 0 Å². The van der Waals surface area contributed by atoms with Crippen LogP contribution in [-0.4, -0.2) is 29.5 Å². The Balaban J connectivity index is 1.68. The van der Waals surface area contributed by atoms with E-state index in [0.29, 0.717) is 11.2 Å². The molecule has 1 heterocycles. The maximum Gasteiger partial charge on any atom is 0.248 e. The van der Waals surface area contributed by atoms with Gasteiger partial charge in [-0.1, -0.05) is 0 Å². The zero-order valence-electron chi connectivity index (χ0n) is 10.6. The van der Waals surface area contributed by atoms with Crippen LogP contribution in [0.4, 0.5) is 8.78 Å². The third kappa shape index (κ3) is 4.09. The molecule has 0 aromatic heterocycles. The molecule has 2 rings (SSSR count). The summed E-state index contributed by atoms with van der Waals surface area (Å²) in [6, 6.07) is 0. The average Bonchev–Trinajstić information content (AvgIpc) is 2.64. The first-order chi connectivity index (χ1) is 7.99. The van der Waals surface area contributed by atoms with E-state index in [1.807, 2.05) is 11.8 Å². The average molecular weight is 263 g/mol. The first-order valence-corrected chi connectivity index (χ1v) is 7.70. The van der Waals surface area contributed by atoms with Crippen molar-refractivity contribution >= 4 is 11.8 Å². The van der Waals surface area contributed by atoms with Crippen LogP contribution in [0, 0.1) is 5.92 Å². The minimum Gasteiger partial charge on any atom is -0.315 e. The molecule has 0 bridgehead atoms. The highest BCUT2D eigenvalue weighted by atomic mass is 32.2. The lowest BCUT2D eigenvalue weighted by molar-refractivity contribution is -0.0520. The number of rotatable bonds is 4. The van der Waals surface area contributed by atoms with Gasteiger partial charge < -0.3 is 5.32 Å². The molecule has 1 aliphatic heterocycles. The molecule has 1 aliphatic carbocycles. The zero-order chi connectivity index (χ0) is 12.4. The van der Waals surface area contributed by atoms with E-state index in [1.54, 1.807) is 0 Å². The third-order valence-corrected chi connectivity index (χ3v) is 5.51. The number of hydrogen-bond donors (Lipinski definition) is 1. The smallest absolute Gasteiger partial charge is 0.248 e. The molecule has 0 amide bonds. The molecule has 0 radical (unpaired) electrons. The molecular formula is C13H23F2NS. The van der Waals surface area contributed by atoms with Crippen molar-refractivity contribution in [2.24, 2.45) is 5.92 Å². The van der Waals surface area contributed by atoms with Crippen LogP contribution in [0.15, 0.2) is 0 Å². The van der Waals surface area contributed by atoms with Gasteiger partial charge in [-0.3, -0.25) is 0 Å². The summed E-state index contributed by atoms with van der Waals surface area (Å²) in [7, 11) is 0. The van der Waals surface area contributed by atoms with Crippen LogP contribution in [0.25, 0.3) is 0 Å². The molecule has 2 fully saturated rings. The number of thioether (sulfide) groups is 1. The largest absolute Gasteiger partial charge is 0.315 e. The van der Waals surface area contributed by atoms with Crippen molar-refractivity contribution in [3.05, 3.63) is 0 Å². The van der Waals surface area contributed by atoms with Crippen LogP contribution in [0.3, 0.4) is 0 Å². The number of halogens is 2. The van der Waals surface area contributed by atoms with Crippen LogP contribution < -0.4 is 5.32 Å². The Morgan fingerprint density at radius 2 is 2.12 bits per heavy atom. The zero-order valence-corrected chi connectivity index (χ0v) is 11.4. The third-order valence-electron chi connectivity index (χ3n) is 3.97. The molecule has 100 valence electrons. The Labute approximate surface area is 107 Å². The fraction of sp³-hybridized carbons (Fsp3) is 1.00. The lowest BCUT2D eigenvalue weighted by Gasteiger charge is -2.30. The molecule has 2 atom stereocenters. The molecule has 2 unspecified atom stereocenters. The number of alkyl halides is 2. The fourth-order valence-electron chi connectivity index (χ4n) is 2.97. The van der Waals surface area contributed by atoms with E-state index < -0.39 is 5.92 Å². The summed E-state index contributed by atoms with van der Waals surface area (Å²) in [5.74, 6) is -0.982. The monoisotopic (exact) mass is 263 g/mol. The van der Waals surface area contributed by atoms with Crippen molar-refractivity contribution in [2.45, 2.75) is 56.1 Å². The van der Waals surface area contributed by atoms with Crippen LogP contribution in [0.1, 0.15) is 45.4 Å². The van der Waals surface area contributed by atoms with Gasteiger partial charge in [-0.15, -0.1) is 0 Å². The van der Waals surface area contributed by atoms with Crippen molar-refractivity contribution in [3.8, 4) is 0 Å². The Morgan fingerprint density at radius 1 is 1.29 bits per heavy atom. The first kappa shape index (κ1) is 13.6. The lowest BCUT2D eigenvalue weighted by Crippen LogP contribution is -2.38. The predicted molar refractivity (Wildman–Crippen MR) is 69.9 cm³/mol. The molecule has 1 N–H and O–H groups in total. The molecule has 0 spiro atoms. The second-order valence-corrected chi connectivity index (χ2v) is 7.53. The van der Waals surface area contributed by atoms with Gasteiger partial charge in [0, 0.05) is 24.1 Å². The van der Waals surface area contributed by atoms with Crippen LogP contribution >= 0.6 is 11.8 Å². The van der Waals surface area contributed by atoms with Crippen molar-refractivity contribution in [2.75, 3.05) is 18.8 Å². The second kappa shape index (κ2) is 5.43. The van der Waals surface area contributed by atoms with Gasteiger partial charge in [-0.25, -0.2) is 8.78 Å². The van der Waals surface area contributed by atoms with E-state index in [1.165, 1.54) is 18.6 Å². The SMILES string of the molecule is CC1(CNCC2CCCC(F)(F)C2)CCCS1. The Kier molecular flexibility index (Phi) is 4.35. The Morgan fingerprint density at radius 3 is 2.76 bits per heavy atom. The van der Waals surface area contributed by atoms with Crippen molar-refractivity contribution in [1.29, 1.82) is 0 Å². The van der Waals surface area contributed by atoms with Crippen LogP contribution in [0.5, 0.6) is 0 Å². The maximum absolute atomic E-state index is 13.2. The van der Waals surface area contributed by atoms with E-state index in [-0.39, 0.29) is 18.8 Å². The maximum atomic E-state index is 13.2. The van der Waals surface area contributed by atoms with Crippen molar-refractivity contribution in [1.82, 2.24) is 5.32 Å². The number of hydrogen-bond acceptors (Lipinski definition) is 2. The quantitative estimate of drug-likeness (QED) is 0.830. The Hall–Kier alpha value is 0.170. The van der Waals surface area contributed by atoms with E-state index in [4.69, 9.17) is 0 Å². The highest BCUT2D eigenvalue weighted by molar-refractivity contribution is 8.00. The first-order valence-electron chi connectivity index (χ1n) is 6.72. The normalized spacial score (nSPS) is 37.2. The summed E-state index contributed by atoms with van der Waals surface area (Å²) < 4.78 is 26.8. The highest BCUT2D eigenvalue weighted by Gasteiger charge is 2.36. The second-order valence-electron chi connectivity index (χ2n) is 5.85. The molecule has 0 aromatic carbocycles. The van der Waals surface area contributed by atoms with Crippen LogP contribution in [0.2, 0.25) is 0 Å². The summed E-state index contributed by atoms with van der Waals surface area (Å²) >= 11 is 2.02. The number of nitrogens with one attached hydrogen (secondary N) is 1. The minimum absolute atomic E-state index is 0.0872. The molecule has 0 aromatic rings. The van der Waals surface area contributed by atoms with Gasteiger partial charge in [0.25, 0.3) is 0 Å². The van der Waals surface area contributed by atoms with E-state index >= 15 is 0 Å². The molecule has 4 heteroatoms. The van der Waals surface area contributed by atoms with Gasteiger partial charge in [-0.2, -0.15) is 11.8 Å². The molecule has 17 heavy (non-hydrogen) atoms. The summed E-state index contributed by atoms with van der Waals surface area (Å²) in [5, 5.41) is 3.42. The molecule has 1 saturated heterocycles. The predicted octanol–water partition coefficient (Wildman–Crippen LogP) is 3.69. The highest BCUT2D eigenvalue weighted by Crippen LogP contribution is 2.38. The van der Waals surface area contributed by atoms with E-state index in [0.717, 1.165) is 19.5 Å². The van der Waals surface area contributed by atoms with Crippen molar-refractivity contribution in [3.63, 3.8) is 0 Å². The van der Waals surface area contributed by atoms with Gasteiger partial charge in [0.15, 0.2) is 0 Å². The van der Waals surface area contributed by atoms with Gasteiger partial charge in [-0.05, 0) is 50.8 Å². The molecule has 1 saturated carbocycles. The molecular weight excluding hydrogens is 240 g/mol. The minimum atomic E-state index is -2.41. The van der Waals surface area contributed by atoms with Gasteiger partial charge in [0.05, 0.1) is 0 Å². The fourth-order valence-corrected chi connectivity index (χ4v) is 4.24. The summed E-state index contributed by atoms with van der Waals surface area (Å²) in [5.41, 5.74) is 0. The van der Waals surface area contributed by atoms with E-state index in [9.17, 15) is 8.78 Å². The molecule has 2 aliphatic rings. The summed E-state index contributed by atoms with van der Waals surface area (Å²) in [6.45, 7) is 4.03. The summed E-state index contributed by atoms with van der Waals surface area (Å²) in [4.78, 5) is 0. The topological polar surface area (TPSA) is 12.0 Å². The standard InChI is InChI=1S/C13H23F2NS/c1-12(5-3-7-17-12)10-16-9-11-4-2-6-13(14,15)8-11/h11,16H,2-10H2,1H3.